The summed E-state index contributed by atoms with van der Waals surface area (Å²) in [4.78, 5) is 0. The van der Waals surface area contributed by atoms with E-state index in [0.717, 1.165) is 17.3 Å². The number of nitrogens with one attached hydrogen (secondary N) is 1. The van der Waals surface area contributed by atoms with Gasteiger partial charge in [0.05, 0.1) is 0 Å². The zero-order valence-electron chi connectivity index (χ0n) is 6.30. The maximum Gasteiger partial charge on any atom is 0.0426 e. The number of anilines is 1. The smallest absolute Gasteiger partial charge is 0.0426 e. The molecule has 0 aliphatic rings. The first-order chi connectivity index (χ1) is 4.83. The normalized spacial score (nSPS) is 8.55. The molecular weight excluding hydrogens is 181 g/mol. The number of benzene rings is 1. The lowest BCUT2D eigenvalue weighted by Gasteiger charge is -2.01. The summed E-state index contributed by atoms with van der Waals surface area (Å²) in [6.07, 6.45) is 0. The molecule has 0 amide bonds. The maximum absolute atomic E-state index is 5.74. The summed E-state index contributed by atoms with van der Waals surface area (Å²) >= 11 is 5.74. The zero-order valence-corrected chi connectivity index (χ0v) is 7.88. The van der Waals surface area contributed by atoms with Crippen molar-refractivity contribution in [1.82, 2.24) is 0 Å². The average Bonchev–Trinajstić information content (AvgIpc) is 1.88. The Morgan fingerprint density at radius 3 is 2.73 bits per heavy atom. The molecular formula is C8H11Cl2N. The van der Waals surface area contributed by atoms with E-state index in [2.05, 4.69) is 12.2 Å². The second kappa shape index (κ2) is 5.28. The van der Waals surface area contributed by atoms with Crippen LogP contribution >= 0.6 is 24.0 Å². The lowest BCUT2D eigenvalue weighted by molar-refractivity contribution is 1.21. The van der Waals surface area contributed by atoms with Gasteiger partial charge in [-0.25, -0.2) is 0 Å². The van der Waals surface area contributed by atoms with Crippen LogP contribution in [0.5, 0.6) is 0 Å². The Labute approximate surface area is 78.2 Å². The second-order valence-electron chi connectivity index (χ2n) is 2.04. The van der Waals surface area contributed by atoms with Gasteiger partial charge >= 0.3 is 0 Å². The SMILES string of the molecule is CCNc1cccc(Cl)c1.Cl. The van der Waals surface area contributed by atoms with E-state index in [4.69, 9.17) is 11.6 Å². The minimum absolute atomic E-state index is 0. The van der Waals surface area contributed by atoms with Crippen LogP contribution in [0.2, 0.25) is 5.02 Å². The lowest BCUT2D eigenvalue weighted by atomic mass is 10.3. The molecule has 1 rings (SSSR count). The molecule has 0 atom stereocenters. The molecule has 0 aliphatic carbocycles. The Morgan fingerprint density at radius 1 is 1.45 bits per heavy atom. The van der Waals surface area contributed by atoms with E-state index in [0.29, 0.717) is 0 Å². The Balaban J connectivity index is 0.000001000. The first-order valence-corrected chi connectivity index (χ1v) is 3.70. The minimum Gasteiger partial charge on any atom is -0.385 e. The van der Waals surface area contributed by atoms with Crippen molar-refractivity contribution in [2.75, 3.05) is 11.9 Å². The molecule has 3 heteroatoms. The van der Waals surface area contributed by atoms with Crippen molar-refractivity contribution in [2.45, 2.75) is 6.92 Å². The van der Waals surface area contributed by atoms with Crippen molar-refractivity contribution in [2.24, 2.45) is 0 Å². The first kappa shape index (κ1) is 10.6. The van der Waals surface area contributed by atoms with Crippen molar-refractivity contribution in [1.29, 1.82) is 0 Å². The molecule has 0 saturated carbocycles. The summed E-state index contributed by atoms with van der Waals surface area (Å²) in [5.74, 6) is 0. The molecule has 0 bridgehead atoms. The van der Waals surface area contributed by atoms with Gasteiger partial charge in [-0.2, -0.15) is 0 Å². The highest BCUT2D eigenvalue weighted by molar-refractivity contribution is 6.30. The van der Waals surface area contributed by atoms with Gasteiger partial charge in [0.25, 0.3) is 0 Å². The van der Waals surface area contributed by atoms with Gasteiger partial charge in [-0.1, -0.05) is 17.7 Å². The van der Waals surface area contributed by atoms with Crippen LogP contribution in [-0.4, -0.2) is 6.54 Å². The molecule has 0 aliphatic heterocycles. The third kappa shape index (κ3) is 3.49. The summed E-state index contributed by atoms with van der Waals surface area (Å²) in [5, 5.41) is 3.94. The molecule has 62 valence electrons. The van der Waals surface area contributed by atoms with E-state index >= 15 is 0 Å². The van der Waals surface area contributed by atoms with Gasteiger partial charge in [0.2, 0.25) is 0 Å². The van der Waals surface area contributed by atoms with Crippen LogP contribution in [0.1, 0.15) is 6.92 Å². The van der Waals surface area contributed by atoms with E-state index in [1.807, 2.05) is 24.3 Å². The number of hydrogen-bond donors (Lipinski definition) is 1. The van der Waals surface area contributed by atoms with Crippen molar-refractivity contribution >= 4 is 29.7 Å². The molecule has 1 aromatic carbocycles. The summed E-state index contributed by atoms with van der Waals surface area (Å²) < 4.78 is 0. The Morgan fingerprint density at radius 2 is 2.18 bits per heavy atom. The van der Waals surface area contributed by atoms with Crippen LogP contribution in [0.3, 0.4) is 0 Å². The summed E-state index contributed by atoms with van der Waals surface area (Å²) in [6, 6.07) is 7.70. The Bertz CT molecular complexity index is 213. The molecule has 0 spiro atoms. The van der Waals surface area contributed by atoms with Gasteiger partial charge in [-0.05, 0) is 25.1 Å². The van der Waals surface area contributed by atoms with Crippen LogP contribution in [0.15, 0.2) is 24.3 Å². The molecule has 0 heterocycles. The van der Waals surface area contributed by atoms with E-state index in [1.54, 1.807) is 0 Å². The van der Waals surface area contributed by atoms with Gasteiger partial charge in [-0.3, -0.25) is 0 Å². The fraction of sp³-hybridized carbons (Fsp3) is 0.250. The average molecular weight is 192 g/mol. The molecule has 0 radical (unpaired) electrons. The van der Waals surface area contributed by atoms with E-state index < -0.39 is 0 Å². The zero-order chi connectivity index (χ0) is 7.40. The number of hydrogen-bond acceptors (Lipinski definition) is 1. The Kier molecular flexibility index (Phi) is 5.08. The lowest BCUT2D eigenvalue weighted by Crippen LogP contribution is -1.95. The second-order valence-corrected chi connectivity index (χ2v) is 2.48. The highest BCUT2D eigenvalue weighted by Crippen LogP contribution is 2.13. The third-order valence-corrected chi connectivity index (χ3v) is 1.44. The standard InChI is InChI=1S/C8H10ClN.ClH/c1-2-10-8-5-3-4-7(9)6-8;/h3-6,10H,2H2,1H3;1H. The van der Waals surface area contributed by atoms with Gasteiger partial charge in [0, 0.05) is 17.3 Å². The highest BCUT2D eigenvalue weighted by atomic mass is 35.5. The number of halogens is 2. The van der Waals surface area contributed by atoms with E-state index in [1.165, 1.54) is 0 Å². The predicted octanol–water partition coefficient (Wildman–Crippen LogP) is 3.19. The first-order valence-electron chi connectivity index (χ1n) is 3.32. The van der Waals surface area contributed by atoms with Crippen LogP contribution in [0.25, 0.3) is 0 Å². The largest absolute Gasteiger partial charge is 0.385 e. The van der Waals surface area contributed by atoms with E-state index in [9.17, 15) is 0 Å². The quantitative estimate of drug-likeness (QED) is 0.758. The minimum atomic E-state index is 0. The van der Waals surface area contributed by atoms with Gasteiger partial charge in [0.1, 0.15) is 0 Å². The Hall–Kier alpha value is -0.400. The molecule has 0 unspecified atom stereocenters. The summed E-state index contributed by atoms with van der Waals surface area (Å²) in [7, 11) is 0. The monoisotopic (exact) mass is 191 g/mol. The number of rotatable bonds is 2. The predicted molar refractivity (Wildman–Crippen MR) is 52.9 cm³/mol. The molecule has 0 saturated heterocycles. The van der Waals surface area contributed by atoms with Crippen molar-refractivity contribution in [3.8, 4) is 0 Å². The molecule has 0 fully saturated rings. The molecule has 11 heavy (non-hydrogen) atoms. The molecule has 1 nitrogen and oxygen atoms in total. The van der Waals surface area contributed by atoms with Gasteiger partial charge in [0.15, 0.2) is 0 Å². The third-order valence-electron chi connectivity index (χ3n) is 1.21. The van der Waals surface area contributed by atoms with Crippen molar-refractivity contribution in [3.63, 3.8) is 0 Å². The fourth-order valence-electron chi connectivity index (χ4n) is 0.803. The maximum atomic E-state index is 5.74. The van der Waals surface area contributed by atoms with E-state index in [-0.39, 0.29) is 12.4 Å². The van der Waals surface area contributed by atoms with Crippen LogP contribution < -0.4 is 5.32 Å². The fourth-order valence-corrected chi connectivity index (χ4v) is 0.993. The van der Waals surface area contributed by atoms with Crippen molar-refractivity contribution < 1.29 is 0 Å². The van der Waals surface area contributed by atoms with Gasteiger partial charge < -0.3 is 5.32 Å². The summed E-state index contributed by atoms with van der Waals surface area (Å²) in [5.41, 5.74) is 1.08. The highest BCUT2D eigenvalue weighted by Gasteiger charge is 1.88. The molecule has 0 aromatic heterocycles. The molecule has 1 N–H and O–H groups in total. The topological polar surface area (TPSA) is 12.0 Å². The summed E-state index contributed by atoms with van der Waals surface area (Å²) in [6.45, 7) is 2.99. The van der Waals surface area contributed by atoms with Gasteiger partial charge in [-0.15, -0.1) is 12.4 Å². The van der Waals surface area contributed by atoms with Crippen molar-refractivity contribution in [3.05, 3.63) is 29.3 Å². The molecule has 1 aromatic rings. The van der Waals surface area contributed by atoms with Crippen LogP contribution in [-0.2, 0) is 0 Å². The van der Waals surface area contributed by atoms with Crippen LogP contribution in [0.4, 0.5) is 5.69 Å². The van der Waals surface area contributed by atoms with Crippen LogP contribution in [0, 0.1) is 0 Å².